The maximum absolute atomic E-state index is 12.1. The fraction of sp³-hybridized carbons (Fsp3) is 0.385. The number of nitrogens with one attached hydrogen (secondary N) is 1. The molecular weight excluding hydrogens is 342 g/mol. The van der Waals surface area contributed by atoms with Gasteiger partial charge >= 0.3 is 0 Å². The summed E-state index contributed by atoms with van der Waals surface area (Å²) in [5.74, 6) is 0. The molecule has 2 rings (SSSR count). The SMILES string of the molecule is COCCn1ncc(NC(C)c2ccsc2)c(Br)c1=O. The first-order chi connectivity index (χ1) is 9.63. The Labute approximate surface area is 129 Å². The van der Waals surface area contributed by atoms with Gasteiger partial charge in [-0.05, 0) is 45.2 Å². The van der Waals surface area contributed by atoms with Crippen molar-refractivity contribution in [3.63, 3.8) is 0 Å². The van der Waals surface area contributed by atoms with E-state index in [1.54, 1.807) is 24.6 Å². The topological polar surface area (TPSA) is 56.1 Å². The molecule has 0 saturated heterocycles. The lowest BCUT2D eigenvalue weighted by Crippen LogP contribution is -2.26. The predicted molar refractivity (Wildman–Crippen MR) is 84.4 cm³/mol. The van der Waals surface area contributed by atoms with Crippen LogP contribution in [0.15, 0.2) is 32.3 Å². The van der Waals surface area contributed by atoms with Crippen molar-refractivity contribution in [1.82, 2.24) is 9.78 Å². The Balaban J connectivity index is 2.17. The molecule has 0 aliphatic carbocycles. The van der Waals surface area contributed by atoms with E-state index in [0.29, 0.717) is 23.3 Å². The number of halogens is 1. The zero-order valence-corrected chi connectivity index (χ0v) is 13.7. The van der Waals surface area contributed by atoms with Crippen molar-refractivity contribution in [3.8, 4) is 0 Å². The maximum atomic E-state index is 12.1. The summed E-state index contributed by atoms with van der Waals surface area (Å²) in [6, 6.07) is 2.18. The van der Waals surface area contributed by atoms with Gasteiger partial charge < -0.3 is 10.1 Å². The lowest BCUT2D eigenvalue weighted by atomic mass is 10.2. The highest BCUT2D eigenvalue weighted by Gasteiger charge is 2.12. The first kappa shape index (κ1) is 15.2. The second-order valence-corrected chi connectivity index (χ2v) is 5.89. The number of nitrogens with zero attached hydrogens (tertiary/aromatic N) is 2. The smallest absolute Gasteiger partial charge is 0.283 e. The molecule has 2 heterocycles. The number of rotatable bonds is 6. The van der Waals surface area contributed by atoms with Crippen LogP contribution in [0.2, 0.25) is 0 Å². The molecule has 7 heteroatoms. The summed E-state index contributed by atoms with van der Waals surface area (Å²) in [5, 5.41) is 11.5. The van der Waals surface area contributed by atoms with E-state index in [9.17, 15) is 4.79 Å². The Kier molecular flexibility index (Phi) is 5.33. The van der Waals surface area contributed by atoms with Gasteiger partial charge in [0.25, 0.3) is 5.56 Å². The van der Waals surface area contributed by atoms with Crippen molar-refractivity contribution < 1.29 is 4.74 Å². The van der Waals surface area contributed by atoms with Crippen molar-refractivity contribution in [3.05, 3.63) is 43.4 Å². The average molecular weight is 358 g/mol. The molecule has 0 amide bonds. The highest BCUT2D eigenvalue weighted by Crippen LogP contribution is 2.24. The molecular formula is C13H16BrN3O2S. The van der Waals surface area contributed by atoms with Gasteiger partial charge in [-0.2, -0.15) is 16.4 Å². The Bertz CT molecular complexity index is 613. The second kappa shape index (κ2) is 7.01. The normalized spacial score (nSPS) is 12.3. The number of aromatic nitrogens is 2. The van der Waals surface area contributed by atoms with Gasteiger partial charge in [-0.3, -0.25) is 4.79 Å². The van der Waals surface area contributed by atoms with Crippen molar-refractivity contribution >= 4 is 33.0 Å². The van der Waals surface area contributed by atoms with Crippen LogP contribution in [0.3, 0.4) is 0 Å². The zero-order valence-electron chi connectivity index (χ0n) is 11.3. The predicted octanol–water partition coefficient (Wildman–Crippen LogP) is 2.89. The van der Waals surface area contributed by atoms with E-state index in [0.717, 1.165) is 0 Å². The molecule has 0 bridgehead atoms. The van der Waals surface area contributed by atoms with Crippen LogP contribution in [-0.4, -0.2) is 23.5 Å². The molecule has 0 radical (unpaired) electrons. The van der Waals surface area contributed by atoms with Gasteiger partial charge in [0.15, 0.2) is 0 Å². The van der Waals surface area contributed by atoms with Crippen molar-refractivity contribution in [2.45, 2.75) is 19.5 Å². The zero-order chi connectivity index (χ0) is 14.5. The molecule has 0 spiro atoms. The Morgan fingerprint density at radius 1 is 1.60 bits per heavy atom. The number of methoxy groups -OCH3 is 1. The van der Waals surface area contributed by atoms with Crippen LogP contribution in [0.25, 0.3) is 0 Å². The minimum absolute atomic E-state index is 0.119. The molecule has 1 atom stereocenters. The minimum Gasteiger partial charge on any atom is -0.383 e. The Morgan fingerprint density at radius 3 is 3.05 bits per heavy atom. The van der Waals surface area contributed by atoms with E-state index in [4.69, 9.17) is 4.74 Å². The van der Waals surface area contributed by atoms with Crippen molar-refractivity contribution in [2.24, 2.45) is 0 Å². The summed E-state index contributed by atoms with van der Waals surface area (Å²) in [4.78, 5) is 12.1. The van der Waals surface area contributed by atoms with Crippen LogP contribution in [0, 0.1) is 0 Å². The lowest BCUT2D eigenvalue weighted by molar-refractivity contribution is 0.181. The molecule has 2 aromatic rings. The number of anilines is 1. The van der Waals surface area contributed by atoms with Gasteiger partial charge in [-0.1, -0.05) is 0 Å². The molecule has 5 nitrogen and oxygen atoms in total. The molecule has 0 saturated carbocycles. The van der Waals surface area contributed by atoms with E-state index in [2.05, 4.69) is 37.8 Å². The molecule has 0 aromatic carbocycles. The summed E-state index contributed by atoms with van der Waals surface area (Å²) in [6.07, 6.45) is 1.66. The third-order valence-electron chi connectivity index (χ3n) is 2.91. The first-order valence-corrected chi connectivity index (χ1v) is 7.90. The summed E-state index contributed by atoms with van der Waals surface area (Å²) < 4.78 is 6.83. The fourth-order valence-electron chi connectivity index (χ4n) is 1.74. The largest absolute Gasteiger partial charge is 0.383 e. The molecule has 1 unspecified atom stereocenters. The number of hydrogen-bond acceptors (Lipinski definition) is 5. The van der Waals surface area contributed by atoms with Crippen molar-refractivity contribution in [1.29, 1.82) is 0 Å². The first-order valence-electron chi connectivity index (χ1n) is 6.16. The molecule has 20 heavy (non-hydrogen) atoms. The van der Waals surface area contributed by atoms with E-state index < -0.39 is 0 Å². The van der Waals surface area contributed by atoms with Gasteiger partial charge in [-0.15, -0.1) is 0 Å². The van der Waals surface area contributed by atoms with Crippen molar-refractivity contribution in [2.75, 3.05) is 19.0 Å². The van der Waals surface area contributed by atoms with Gasteiger partial charge in [0, 0.05) is 13.2 Å². The van der Waals surface area contributed by atoms with Gasteiger partial charge in [0.2, 0.25) is 0 Å². The fourth-order valence-corrected chi connectivity index (χ4v) is 2.92. The summed E-state index contributed by atoms with van der Waals surface area (Å²) in [5.41, 5.74) is 1.72. The Hall–Kier alpha value is -1.18. The quantitative estimate of drug-likeness (QED) is 0.863. The molecule has 0 fully saturated rings. The van der Waals surface area contributed by atoms with Gasteiger partial charge in [0.05, 0.1) is 25.0 Å². The monoisotopic (exact) mass is 357 g/mol. The van der Waals surface area contributed by atoms with E-state index in [1.165, 1.54) is 10.2 Å². The molecule has 0 aliphatic rings. The maximum Gasteiger partial charge on any atom is 0.283 e. The van der Waals surface area contributed by atoms with E-state index >= 15 is 0 Å². The highest BCUT2D eigenvalue weighted by atomic mass is 79.9. The second-order valence-electron chi connectivity index (χ2n) is 4.32. The average Bonchev–Trinajstić information content (AvgIpc) is 2.97. The standard InChI is InChI=1S/C13H16BrN3O2S/c1-9(10-3-6-20-8-10)16-11-7-15-17(4-5-19-2)13(18)12(11)14/h3,6-9,16H,4-5H2,1-2H3. The number of hydrogen-bond donors (Lipinski definition) is 1. The van der Waals surface area contributed by atoms with Gasteiger partial charge in [-0.25, -0.2) is 4.68 Å². The summed E-state index contributed by atoms with van der Waals surface area (Å²) in [6.45, 7) is 2.94. The summed E-state index contributed by atoms with van der Waals surface area (Å²) >= 11 is 4.99. The molecule has 1 N–H and O–H groups in total. The Morgan fingerprint density at radius 2 is 2.40 bits per heavy atom. The molecule has 0 aliphatic heterocycles. The molecule has 108 valence electrons. The third kappa shape index (κ3) is 3.47. The van der Waals surface area contributed by atoms with Crippen LogP contribution >= 0.6 is 27.3 Å². The third-order valence-corrected chi connectivity index (χ3v) is 4.38. The lowest BCUT2D eigenvalue weighted by Gasteiger charge is -2.15. The van der Waals surface area contributed by atoms with Crippen LogP contribution < -0.4 is 10.9 Å². The number of thiophene rings is 1. The van der Waals surface area contributed by atoms with Gasteiger partial charge in [0.1, 0.15) is 4.47 Å². The van der Waals surface area contributed by atoms with E-state index in [1.807, 2.05) is 12.3 Å². The van der Waals surface area contributed by atoms with Crippen LogP contribution in [0.5, 0.6) is 0 Å². The summed E-state index contributed by atoms with van der Waals surface area (Å²) in [7, 11) is 1.60. The van der Waals surface area contributed by atoms with Crippen LogP contribution in [-0.2, 0) is 11.3 Å². The molecule has 2 aromatic heterocycles. The van der Waals surface area contributed by atoms with Crippen LogP contribution in [0.1, 0.15) is 18.5 Å². The number of ether oxygens (including phenoxy) is 1. The van der Waals surface area contributed by atoms with Crippen LogP contribution in [0.4, 0.5) is 5.69 Å². The highest BCUT2D eigenvalue weighted by molar-refractivity contribution is 9.10. The van der Waals surface area contributed by atoms with E-state index in [-0.39, 0.29) is 11.6 Å². The minimum atomic E-state index is -0.162.